The molecule has 40 heavy (non-hydrogen) atoms. The Morgan fingerprint density at radius 3 is 2.42 bits per heavy atom. The van der Waals surface area contributed by atoms with Crippen LogP contribution in [-0.4, -0.2) is 52.9 Å². The minimum absolute atomic E-state index is 0.00762. The highest BCUT2D eigenvalue weighted by Crippen LogP contribution is 2.40. The van der Waals surface area contributed by atoms with Gasteiger partial charge < -0.3 is 15.5 Å². The molecule has 3 amide bonds. The third-order valence-electron chi connectivity index (χ3n) is 7.59. The van der Waals surface area contributed by atoms with Gasteiger partial charge in [0.05, 0.1) is 16.1 Å². The van der Waals surface area contributed by atoms with Crippen molar-refractivity contribution in [2.45, 2.75) is 111 Å². The lowest BCUT2D eigenvalue weighted by Crippen LogP contribution is -2.45. The molecular weight excluding hydrogens is 527 g/mol. The fourth-order valence-corrected chi connectivity index (χ4v) is 4.97. The van der Waals surface area contributed by atoms with E-state index in [9.17, 15) is 18.8 Å². The van der Waals surface area contributed by atoms with E-state index in [4.69, 9.17) is 0 Å². The monoisotopic (exact) mass is 574 g/mol. The highest BCUT2D eigenvalue weighted by Gasteiger charge is 2.51. The maximum atomic E-state index is 13.2. The summed E-state index contributed by atoms with van der Waals surface area (Å²) in [6.07, 6.45) is 6.94. The Balaban J connectivity index is 0.000000230. The van der Waals surface area contributed by atoms with Crippen molar-refractivity contribution in [3.05, 3.63) is 40.5 Å². The van der Waals surface area contributed by atoms with Crippen LogP contribution in [-0.2, 0) is 27.3 Å². The fraction of sp³-hybridized carbons (Fsp3) is 0.613. The Kier molecular flexibility index (Phi) is 12.7. The molecule has 0 spiro atoms. The second kappa shape index (κ2) is 15.3. The quantitative estimate of drug-likeness (QED) is 0.360. The Hall–Kier alpha value is -2.81. The van der Waals surface area contributed by atoms with E-state index >= 15 is 0 Å². The van der Waals surface area contributed by atoms with Crippen LogP contribution >= 0.6 is 11.3 Å². The van der Waals surface area contributed by atoms with Gasteiger partial charge in [-0.25, -0.2) is 9.37 Å². The Labute approximate surface area is 243 Å². The van der Waals surface area contributed by atoms with Crippen molar-refractivity contribution in [1.29, 1.82) is 0 Å². The first-order valence-electron chi connectivity index (χ1n) is 14.3. The summed E-state index contributed by atoms with van der Waals surface area (Å²) in [6, 6.07) is 6.95. The molecule has 0 bridgehead atoms. The van der Waals surface area contributed by atoms with E-state index in [-0.39, 0.29) is 11.5 Å². The number of halogens is 1. The topological polar surface area (TPSA) is 91.4 Å². The van der Waals surface area contributed by atoms with Crippen molar-refractivity contribution in [2.75, 3.05) is 6.54 Å². The molecule has 1 saturated heterocycles. The number of thiazole rings is 1. The van der Waals surface area contributed by atoms with E-state index in [1.54, 1.807) is 11.3 Å². The van der Waals surface area contributed by atoms with Crippen molar-refractivity contribution in [3.63, 3.8) is 0 Å². The van der Waals surface area contributed by atoms with Gasteiger partial charge >= 0.3 is 0 Å². The summed E-state index contributed by atoms with van der Waals surface area (Å²) in [6.45, 7) is 15.8. The molecule has 9 heteroatoms. The van der Waals surface area contributed by atoms with Crippen LogP contribution in [0.4, 0.5) is 4.39 Å². The summed E-state index contributed by atoms with van der Waals surface area (Å²) >= 11 is 1.67. The third-order valence-corrected chi connectivity index (χ3v) is 8.57. The van der Waals surface area contributed by atoms with Crippen molar-refractivity contribution < 1.29 is 18.8 Å². The minimum atomic E-state index is -1.54. The lowest BCUT2D eigenvalue weighted by molar-refractivity contribution is -0.128. The average Bonchev–Trinajstić information content (AvgIpc) is 3.30. The highest BCUT2D eigenvalue weighted by molar-refractivity contribution is 7.13. The number of benzene rings is 1. The highest BCUT2D eigenvalue weighted by atomic mass is 32.1. The van der Waals surface area contributed by atoms with Gasteiger partial charge in [0.2, 0.25) is 12.8 Å². The molecular formula is C31H47FN4O3S. The first kappa shape index (κ1) is 33.4. The number of likely N-dealkylation sites (tertiary alicyclic amines) is 1. The third kappa shape index (κ3) is 9.98. The normalized spacial score (nSPS) is 17.9. The van der Waals surface area contributed by atoms with Gasteiger partial charge in [-0.05, 0) is 81.0 Å². The first-order valence-corrected chi connectivity index (χ1v) is 15.1. The van der Waals surface area contributed by atoms with Gasteiger partial charge in [-0.1, -0.05) is 46.2 Å². The molecule has 2 heterocycles. The summed E-state index contributed by atoms with van der Waals surface area (Å²) in [4.78, 5) is 39.2. The summed E-state index contributed by atoms with van der Waals surface area (Å²) in [5.74, 6) is -0.435. The number of hydrogen-bond acceptors (Lipinski definition) is 5. The molecule has 2 fully saturated rings. The largest absolute Gasteiger partial charge is 0.355 e. The van der Waals surface area contributed by atoms with E-state index in [2.05, 4.69) is 47.7 Å². The van der Waals surface area contributed by atoms with Gasteiger partial charge in [0, 0.05) is 25.2 Å². The van der Waals surface area contributed by atoms with E-state index < -0.39 is 11.6 Å². The number of carbonyl (C=O) groups excluding carboxylic acids is 3. The van der Waals surface area contributed by atoms with Crippen LogP contribution in [0.2, 0.25) is 0 Å². The second-order valence-corrected chi connectivity index (χ2v) is 12.7. The number of aromatic nitrogens is 1. The molecule has 1 saturated carbocycles. The minimum Gasteiger partial charge on any atom is -0.355 e. The number of aryl methyl sites for hydroxylation is 2. The molecule has 2 N–H and O–H groups in total. The van der Waals surface area contributed by atoms with Gasteiger partial charge in [-0.15, -0.1) is 11.3 Å². The maximum absolute atomic E-state index is 13.2. The molecule has 1 aliphatic heterocycles. The molecule has 2 unspecified atom stereocenters. The fourth-order valence-electron chi connectivity index (χ4n) is 4.16. The molecule has 4 rings (SSSR count). The first-order chi connectivity index (χ1) is 18.9. The summed E-state index contributed by atoms with van der Waals surface area (Å²) in [5, 5.41) is 5.45. The molecule has 2 aromatic rings. The Morgan fingerprint density at radius 1 is 1.27 bits per heavy atom. The maximum Gasteiger partial charge on any atom is 0.257 e. The smallest absolute Gasteiger partial charge is 0.257 e. The van der Waals surface area contributed by atoms with Crippen LogP contribution in [0.15, 0.2) is 23.7 Å². The van der Waals surface area contributed by atoms with Crippen LogP contribution in [0.3, 0.4) is 0 Å². The van der Waals surface area contributed by atoms with Gasteiger partial charge in [-0.3, -0.25) is 14.4 Å². The van der Waals surface area contributed by atoms with Crippen molar-refractivity contribution in [1.82, 2.24) is 20.5 Å². The van der Waals surface area contributed by atoms with E-state index in [0.717, 1.165) is 37.9 Å². The number of carbonyl (C=O) groups is 3. The summed E-state index contributed by atoms with van der Waals surface area (Å²) < 4.78 is 13.2. The van der Waals surface area contributed by atoms with Gasteiger partial charge in [0.15, 0.2) is 5.67 Å². The number of nitrogens with zero attached hydrogens (tertiary/aromatic N) is 2. The number of rotatable bonds is 9. The Bertz CT molecular complexity index is 1110. The zero-order chi connectivity index (χ0) is 29.9. The molecule has 222 valence electrons. The number of nitrogens with one attached hydrogen (secondary N) is 2. The van der Waals surface area contributed by atoms with Crippen LogP contribution < -0.4 is 10.6 Å². The predicted molar refractivity (Wildman–Crippen MR) is 161 cm³/mol. The molecule has 2 atom stereocenters. The second-order valence-electron chi connectivity index (χ2n) is 11.9. The summed E-state index contributed by atoms with van der Waals surface area (Å²) in [5.41, 5.74) is 5.12. The lowest BCUT2D eigenvalue weighted by Gasteiger charge is -2.28. The van der Waals surface area contributed by atoms with Crippen LogP contribution in [0, 0.1) is 12.3 Å². The molecule has 1 aliphatic carbocycles. The van der Waals surface area contributed by atoms with E-state index in [1.165, 1.54) is 34.4 Å². The van der Waals surface area contributed by atoms with Crippen LogP contribution in [0.25, 0.3) is 10.4 Å². The molecule has 7 nitrogen and oxygen atoms in total. The number of amides is 3. The Morgan fingerprint density at radius 2 is 1.98 bits per heavy atom. The van der Waals surface area contributed by atoms with E-state index in [1.807, 2.05) is 45.0 Å². The number of alkyl halides is 1. The zero-order valence-electron chi connectivity index (χ0n) is 25.2. The van der Waals surface area contributed by atoms with Crippen molar-refractivity contribution >= 4 is 30.1 Å². The summed E-state index contributed by atoms with van der Waals surface area (Å²) in [7, 11) is 0. The van der Waals surface area contributed by atoms with Gasteiger partial charge in [0.25, 0.3) is 5.91 Å². The van der Waals surface area contributed by atoms with Crippen LogP contribution in [0.5, 0.6) is 0 Å². The van der Waals surface area contributed by atoms with Gasteiger partial charge in [-0.2, -0.15) is 0 Å². The lowest BCUT2D eigenvalue weighted by atomic mass is 9.88. The van der Waals surface area contributed by atoms with E-state index in [0.29, 0.717) is 25.4 Å². The standard InChI is InChI=1S/C15H18N2OS.C10H18FNO.C6H11NO/c1-3-4-12-7-13(15-11(2)17-10-19-15)5-6-14(12)8-16-9-18;1-7(9(2,3)4)12-8(13)10(11)5-6-10;1-6-3-2-4-7(6)5-8/h5-7,9-10H,3-4,8H2,1-2H3,(H,16,18);7H,5-6H2,1-4H3,(H,12,13);5-6H,2-4H2,1H3. The zero-order valence-corrected chi connectivity index (χ0v) is 26.0. The number of hydrogen-bond donors (Lipinski definition) is 2. The molecule has 0 radical (unpaired) electrons. The van der Waals surface area contributed by atoms with Crippen molar-refractivity contribution in [2.24, 2.45) is 5.41 Å². The predicted octanol–water partition coefficient (Wildman–Crippen LogP) is 5.98. The van der Waals surface area contributed by atoms with Crippen LogP contribution in [0.1, 0.15) is 90.5 Å². The molecule has 2 aliphatic rings. The molecule has 1 aromatic carbocycles. The van der Waals surface area contributed by atoms with Crippen molar-refractivity contribution in [3.8, 4) is 10.4 Å². The molecule has 1 aromatic heterocycles. The SMILES string of the molecule is CC(NC(=O)C1(F)CC1)C(C)(C)C.CC1CCCN1C=O.CCCc1cc(-c2scnc2C)ccc1CNC=O. The van der Waals surface area contributed by atoms with Gasteiger partial charge in [0.1, 0.15) is 0 Å². The average molecular weight is 575 g/mol.